The van der Waals surface area contributed by atoms with Gasteiger partial charge in [-0.05, 0) is 43.9 Å². The molecule has 0 saturated carbocycles. The molecule has 0 bridgehead atoms. The van der Waals surface area contributed by atoms with Crippen LogP contribution >= 0.6 is 0 Å². The first-order valence-electron chi connectivity index (χ1n) is 9.28. The highest BCUT2D eigenvalue weighted by Gasteiger charge is 2.35. The van der Waals surface area contributed by atoms with Crippen molar-refractivity contribution >= 4 is 28.9 Å². The Hall–Kier alpha value is -2.88. The SMILES string of the molecule is OB(O)C1=c2ccccc2=C(c2ccc3ccccc3c2)C2C=CC=CC12. The Balaban J connectivity index is 1.89. The molecule has 2 N–H and O–H groups in total. The van der Waals surface area contributed by atoms with E-state index in [-0.39, 0.29) is 11.8 Å². The van der Waals surface area contributed by atoms with Gasteiger partial charge in [-0.15, -0.1) is 0 Å². The third-order valence-corrected chi connectivity index (χ3v) is 5.69. The van der Waals surface area contributed by atoms with Crippen molar-refractivity contribution in [3.8, 4) is 0 Å². The molecule has 2 atom stereocenters. The van der Waals surface area contributed by atoms with E-state index in [1.165, 1.54) is 21.9 Å². The van der Waals surface area contributed by atoms with Crippen LogP contribution in [0, 0.1) is 11.8 Å². The molecule has 5 rings (SSSR count). The molecule has 3 heteroatoms. The van der Waals surface area contributed by atoms with E-state index in [0.717, 1.165) is 10.4 Å². The fraction of sp³-hybridized carbons (Fsp3) is 0.0833. The summed E-state index contributed by atoms with van der Waals surface area (Å²) < 4.78 is 0. The van der Waals surface area contributed by atoms with Gasteiger partial charge in [-0.25, -0.2) is 0 Å². The summed E-state index contributed by atoms with van der Waals surface area (Å²) in [4.78, 5) is 0. The lowest BCUT2D eigenvalue weighted by molar-refractivity contribution is 0.420. The predicted molar refractivity (Wildman–Crippen MR) is 111 cm³/mol. The fourth-order valence-electron chi connectivity index (χ4n) is 4.52. The molecule has 27 heavy (non-hydrogen) atoms. The number of benzene rings is 3. The predicted octanol–water partition coefficient (Wildman–Crippen LogP) is 2.57. The fourth-order valence-corrected chi connectivity index (χ4v) is 4.52. The highest BCUT2D eigenvalue weighted by atomic mass is 16.4. The van der Waals surface area contributed by atoms with Crippen LogP contribution in [0.2, 0.25) is 0 Å². The first-order valence-corrected chi connectivity index (χ1v) is 9.28. The van der Waals surface area contributed by atoms with Gasteiger partial charge in [0.1, 0.15) is 0 Å². The average Bonchev–Trinajstić information content (AvgIpc) is 2.71. The van der Waals surface area contributed by atoms with Crippen molar-refractivity contribution in [1.29, 1.82) is 0 Å². The molecule has 0 aromatic heterocycles. The summed E-state index contributed by atoms with van der Waals surface area (Å²) in [6.07, 6.45) is 8.30. The number of hydrogen-bond acceptors (Lipinski definition) is 2. The van der Waals surface area contributed by atoms with E-state index < -0.39 is 7.12 Å². The molecule has 0 amide bonds. The van der Waals surface area contributed by atoms with Gasteiger partial charge < -0.3 is 10.0 Å². The molecule has 0 heterocycles. The van der Waals surface area contributed by atoms with Gasteiger partial charge in [0.2, 0.25) is 0 Å². The van der Waals surface area contributed by atoms with Crippen LogP contribution in [0.15, 0.2) is 91.0 Å². The van der Waals surface area contributed by atoms with Crippen molar-refractivity contribution in [2.24, 2.45) is 11.8 Å². The van der Waals surface area contributed by atoms with E-state index in [2.05, 4.69) is 66.8 Å². The lowest BCUT2D eigenvalue weighted by Crippen LogP contribution is -2.44. The largest absolute Gasteiger partial charge is 0.485 e. The molecule has 3 aromatic rings. The third-order valence-electron chi connectivity index (χ3n) is 5.69. The lowest BCUT2D eigenvalue weighted by Gasteiger charge is -2.33. The monoisotopic (exact) mass is 350 g/mol. The Bertz CT molecular complexity index is 1220. The Labute approximate surface area is 158 Å². The van der Waals surface area contributed by atoms with Gasteiger partial charge in [-0.2, -0.15) is 0 Å². The minimum absolute atomic E-state index is 0.0497. The summed E-state index contributed by atoms with van der Waals surface area (Å²) in [7, 11) is -1.46. The van der Waals surface area contributed by atoms with Gasteiger partial charge in [0.05, 0.1) is 0 Å². The maximum absolute atomic E-state index is 10.1. The van der Waals surface area contributed by atoms with Crippen molar-refractivity contribution in [3.63, 3.8) is 0 Å². The van der Waals surface area contributed by atoms with Gasteiger partial charge in [-0.3, -0.25) is 0 Å². The van der Waals surface area contributed by atoms with Crippen LogP contribution in [0.3, 0.4) is 0 Å². The van der Waals surface area contributed by atoms with Crippen LogP contribution in [0.25, 0.3) is 21.8 Å². The molecule has 0 radical (unpaired) electrons. The summed E-state index contributed by atoms with van der Waals surface area (Å²) >= 11 is 0. The van der Waals surface area contributed by atoms with Crippen molar-refractivity contribution in [1.82, 2.24) is 0 Å². The number of allylic oxidation sites excluding steroid dienone is 4. The van der Waals surface area contributed by atoms with Crippen LogP contribution < -0.4 is 10.4 Å². The van der Waals surface area contributed by atoms with Gasteiger partial charge in [0.25, 0.3) is 0 Å². The van der Waals surface area contributed by atoms with Crippen molar-refractivity contribution in [3.05, 3.63) is 107 Å². The van der Waals surface area contributed by atoms with E-state index in [0.29, 0.717) is 5.47 Å². The molecule has 0 fully saturated rings. The van der Waals surface area contributed by atoms with Crippen molar-refractivity contribution in [2.45, 2.75) is 0 Å². The molecule has 3 aromatic carbocycles. The van der Waals surface area contributed by atoms with E-state index in [1.807, 2.05) is 24.3 Å². The van der Waals surface area contributed by atoms with Crippen LogP contribution in [0.1, 0.15) is 5.56 Å². The smallest absolute Gasteiger partial charge is 0.423 e. The Morgan fingerprint density at radius 3 is 2.11 bits per heavy atom. The zero-order valence-electron chi connectivity index (χ0n) is 14.8. The zero-order valence-corrected chi connectivity index (χ0v) is 14.8. The third kappa shape index (κ3) is 2.59. The van der Waals surface area contributed by atoms with E-state index in [9.17, 15) is 10.0 Å². The summed E-state index contributed by atoms with van der Waals surface area (Å²) in [5, 5.41) is 24.7. The van der Waals surface area contributed by atoms with Crippen LogP contribution in [0.5, 0.6) is 0 Å². The quantitative estimate of drug-likeness (QED) is 0.698. The second-order valence-corrected chi connectivity index (χ2v) is 7.17. The summed E-state index contributed by atoms with van der Waals surface area (Å²) in [6.45, 7) is 0. The number of rotatable bonds is 2. The molecular formula is C24H19BO2. The Kier molecular flexibility index (Phi) is 3.85. The van der Waals surface area contributed by atoms with Gasteiger partial charge >= 0.3 is 7.12 Å². The van der Waals surface area contributed by atoms with Gasteiger partial charge in [-0.1, -0.05) is 85.0 Å². The zero-order chi connectivity index (χ0) is 18.4. The van der Waals surface area contributed by atoms with E-state index >= 15 is 0 Å². The normalized spacial score (nSPS) is 20.5. The van der Waals surface area contributed by atoms with Crippen LogP contribution in [-0.2, 0) is 0 Å². The molecule has 0 saturated heterocycles. The highest BCUT2D eigenvalue weighted by Crippen LogP contribution is 2.38. The molecule has 2 aliphatic rings. The molecule has 0 aliphatic heterocycles. The number of hydrogen-bond donors (Lipinski definition) is 2. The first kappa shape index (κ1) is 16.3. The van der Waals surface area contributed by atoms with Crippen LogP contribution in [0.4, 0.5) is 0 Å². The van der Waals surface area contributed by atoms with Gasteiger partial charge in [0, 0.05) is 11.8 Å². The van der Waals surface area contributed by atoms with Crippen LogP contribution in [-0.4, -0.2) is 17.2 Å². The van der Waals surface area contributed by atoms with Crippen molar-refractivity contribution in [2.75, 3.05) is 0 Å². The summed E-state index contributed by atoms with van der Waals surface area (Å²) in [5.74, 6) is 0.0363. The second-order valence-electron chi connectivity index (χ2n) is 7.17. The van der Waals surface area contributed by atoms with E-state index in [1.54, 1.807) is 0 Å². The topological polar surface area (TPSA) is 40.5 Å². The molecule has 2 unspecified atom stereocenters. The number of fused-ring (bicyclic) bond motifs is 3. The minimum atomic E-state index is -1.46. The van der Waals surface area contributed by atoms with E-state index in [4.69, 9.17) is 0 Å². The summed E-state index contributed by atoms with van der Waals surface area (Å²) in [5.41, 5.74) is 3.11. The molecule has 130 valence electrons. The molecular weight excluding hydrogens is 331 g/mol. The molecule has 2 nitrogen and oxygen atoms in total. The Morgan fingerprint density at radius 2 is 1.33 bits per heavy atom. The lowest BCUT2D eigenvalue weighted by atomic mass is 9.61. The average molecular weight is 350 g/mol. The maximum Gasteiger partial charge on any atom is 0.485 e. The highest BCUT2D eigenvalue weighted by molar-refractivity contribution is 6.63. The van der Waals surface area contributed by atoms with Crippen molar-refractivity contribution < 1.29 is 10.0 Å². The molecule has 2 aliphatic carbocycles. The first-order chi connectivity index (χ1) is 13.2. The van der Waals surface area contributed by atoms with Gasteiger partial charge in [0.15, 0.2) is 0 Å². The minimum Gasteiger partial charge on any atom is -0.423 e. The Morgan fingerprint density at radius 1 is 0.667 bits per heavy atom. The maximum atomic E-state index is 10.1. The second kappa shape index (κ2) is 6.38. The standard InChI is InChI=1S/C24H19BO2/c26-25(27)24-21-11-5-3-9-19(21)23(20-10-4-6-12-22(20)24)18-14-13-16-7-1-2-8-17(16)15-18/h1-15,19,21,26-27H. The summed E-state index contributed by atoms with van der Waals surface area (Å²) in [6, 6.07) is 23.0. The molecule has 0 spiro atoms.